The summed E-state index contributed by atoms with van der Waals surface area (Å²) in [7, 11) is 3.60. The van der Waals surface area contributed by atoms with E-state index >= 15 is 0 Å². The zero-order valence-corrected chi connectivity index (χ0v) is 28.5. The van der Waals surface area contributed by atoms with Crippen LogP contribution in [0, 0.1) is 28.5 Å². The topological polar surface area (TPSA) is 149 Å². The van der Waals surface area contributed by atoms with E-state index in [-0.39, 0.29) is 42.5 Å². The van der Waals surface area contributed by atoms with E-state index in [2.05, 4.69) is 49.7 Å². The minimum absolute atomic E-state index is 0.119. The van der Waals surface area contributed by atoms with Gasteiger partial charge in [-0.15, -0.1) is 0 Å². The second-order valence-electron chi connectivity index (χ2n) is 13.0. The van der Waals surface area contributed by atoms with Crippen LogP contribution in [0.1, 0.15) is 39.7 Å². The first kappa shape index (κ1) is 40.8. The molecule has 2 heterocycles. The number of nitrogens with zero attached hydrogens (tertiary/aromatic N) is 4. The number of rotatable bonds is 8. The number of nitriles is 1. The number of amides is 3. The second kappa shape index (κ2) is 21.6. The van der Waals surface area contributed by atoms with Crippen molar-refractivity contribution < 1.29 is 28.3 Å². The number of hydrogen-bond donors (Lipinski definition) is 2. The van der Waals surface area contributed by atoms with Gasteiger partial charge in [-0.3, -0.25) is 19.3 Å². The molecule has 0 aliphatic carbocycles. The van der Waals surface area contributed by atoms with E-state index in [1.165, 1.54) is 17.0 Å². The molecule has 4 rings (SSSR count). The van der Waals surface area contributed by atoms with Gasteiger partial charge in [-0.2, -0.15) is 5.26 Å². The summed E-state index contributed by atoms with van der Waals surface area (Å²) in [6.07, 6.45) is 2.23. The molecule has 2 aliphatic heterocycles. The summed E-state index contributed by atoms with van der Waals surface area (Å²) in [6.45, 7) is 12.2. The van der Waals surface area contributed by atoms with Crippen LogP contribution in [0.4, 0.5) is 10.1 Å². The molecule has 2 aromatic rings. The van der Waals surface area contributed by atoms with Gasteiger partial charge in [0.15, 0.2) is 0 Å². The van der Waals surface area contributed by atoms with Crippen molar-refractivity contribution in [3.63, 3.8) is 0 Å². The molecule has 0 spiro atoms. The van der Waals surface area contributed by atoms with E-state index in [4.69, 9.17) is 9.53 Å². The Labute approximate surface area is 278 Å². The first-order chi connectivity index (χ1) is 22.2. The van der Waals surface area contributed by atoms with Crippen molar-refractivity contribution in [2.45, 2.75) is 52.6 Å². The van der Waals surface area contributed by atoms with E-state index < -0.39 is 6.04 Å². The van der Waals surface area contributed by atoms with Crippen molar-refractivity contribution in [1.29, 1.82) is 5.26 Å². The quantitative estimate of drug-likeness (QED) is 0.412. The summed E-state index contributed by atoms with van der Waals surface area (Å²) in [5.74, 6) is -0.864. The lowest BCUT2D eigenvalue weighted by Crippen LogP contribution is -2.45. The van der Waals surface area contributed by atoms with Gasteiger partial charge >= 0.3 is 0 Å². The summed E-state index contributed by atoms with van der Waals surface area (Å²) in [4.78, 5) is 49.5. The lowest BCUT2D eigenvalue weighted by atomic mass is 10.0. The zero-order valence-electron chi connectivity index (χ0n) is 28.5. The number of carbonyl (C=O) groups excluding carboxylic acids is 4. The fraction of sp³-hybridized carbons (Fsp3) is 0.514. The van der Waals surface area contributed by atoms with Crippen LogP contribution < -0.4 is 11.1 Å². The summed E-state index contributed by atoms with van der Waals surface area (Å²) < 4.78 is 18.0. The molecule has 0 bridgehead atoms. The molecular formula is C35H51FN6O5. The predicted molar refractivity (Wildman–Crippen MR) is 181 cm³/mol. The molecule has 3 atom stereocenters. The van der Waals surface area contributed by atoms with E-state index in [0.29, 0.717) is 38.0 Å². The number of likely N-dealkylation sites (tertiary alicyclic amines) is 1. The highest BCUT2D eigenvalue weighted by Crippen LogP contribution is 2.24. The number of nitrogens with two attached hydrogens (primary N) is 1. The number of aldehydes is 1. The number of halogens is 1. The third kappa shape index (κ3) is 17.4. The maximum Gasteiger partial charge on any atom is 0.237 e. The average molecular weight is 655 g/mol. The van der Waals surface area contributed by atoms with Crippen LogP contribution in [0.25, 0.3) is 0 Å². The van der Waals surface area contributed by atoms with Crippen molar-refractivity contribution >= 4 is 30.2 Å². The van der Waals surface area contributed by atoms with Crippen LogP contribution in [0.2, 0.25) is 0 Å². The monoisotopic (exact) mass is 654 g/mol. The van der Waals surface area contributed by atoms with E-state index in [9.17, 15) is 24.0 Å². The predicted octanol–water partition coefficient (Wildman–Crippen LogP) is 3.35. The highest BCUT2D eigenvalue weighted by Gasteiger charge is 2.38. The van der Waals surface area contributed by atoms with Gasteiger partial charge in [-0.25, -0.2) is 4.39 Å². The lowest BCUT2D eigenvalue weighted by Gasteiger charge is -2.31. The summed E-state index contributed by atoms with van der Waals surface area (Å²) in [6, 6.07) is 16.9. The molecule has 258 valence electrons. The number of ether oxygens (including phenoxy) is 1. The molecule has 47 heavy (non-hydrogen) atoms. The largest absolute Gasteiger partial charge is 0.379 e. The summed E-state index contributed by atoms with van der Waals surface area (Å²) >= 11 is 0. The molecule has 3 amide bonds. The van der Waals surface area contributed by atoms with Crippen LogP contribution in [-0.2, 0) is 30.3 Å². The molecule has 3 N–H and O–H groups in total. The molecule has 2 fully saturated rings. The third-order valence-corrected chi connectivity index (χ3v) is 6.66. The number of para-hydroxylation sites is 1. The van der Waals surface area contributed by atoms with E-state index in [1.54, 1.807) is 31.1 Å². The van der Waals surface area contributed by atoms with Crippen LogP contribution in [0.3, 0.4) is 0 Å². The van der Waals surface area contributed by atoms with Gasteiger partial charge in [0.1, 0.15) is 18.1 Å². The Morgan fingerprint density at radius 3 is 2.13 bits per heavy atom. The van der Waals surface area contributed by atoms with Crippen molar-refractivity contribution in [1.82, 2.24) is 14.7 Å². The SMILES string of the molecule is CC(C)(C)C.CN(C)CC(=O)N1CC(C(=O)Nc2ccccc2)CC1C#N.NC=O.O=CC(Cc1ccc(F)cc1)N1CCOCC1. The Hall–Kier alpha value is -4.18. The molecule has 2 aliphatic rings. The van der Waals surface area contributed by atoms with Crippen LogP contribution >= 0.6 is 0 Å². The minimum Gasteiger partial charge on any atom is -0.379 e. The lowest BCUT2D eigenvalue weighted by molar-refractivity contribution is -0.132. The standard InChI is InChI=1S/C16H20N4O2.C13H16FNO2.C5H12.CH3NO/c1-19(2)11-15(21)20-10-12(8-14(20)9-17)16(22)18-13-6-4-3-5-7-13;14-12-3-1-11(2-4-12)9-13(10-16)15-5-7-17-8-6-15;1-5(2,3)4;2-1-3/h3-7,12,14H,8,10-11H2,1-2H3,(H,18,22);1-4,10,13H,5-9H2;1-4H3;1H,(H2,2,3). The summed E-state index contributed by atoms with van der Waals surface area (Å²) in [5.41, 5.74) is 6.37. The van der Waals surface area contributed by atoms with E-state index in [0.717, 1.165) is 30.6 Å². The van der Waals surface area contributed by atoms with E-state index in [1.807, 2.05) is 30.3 Å². The van der Waals surface area contributed by atoms with Crippen molar-refractivity contribution in [3.05, 3.63) is 66.0 Å². The number of carbonyl (C=O) groups is 4. The summed E-state index contributed by atoms with van der Waals surface area (Å²) in [5, 5.41) is 12.1. The van der Waals surface area contributed by atoms with Crippen molar-refractivity contribution in [3.8, 4) is 6.07 Å². The average Bonchev–Trinajstić information content (AvgIpc) is 3.47. The number of hydrogen-bond acceptors (Lipinski definition) is 8. The number of likely N-dealkylation sites (N-methyl/N-ethyl adjacent to an activating group) is 1. The Bertz CT molecular complexity index is 1250. The van der Waals surface area contributed by atoms with Crippen LogP contribution in [0.15, 0.2) is 54.6 Å². The van der Waals surface area contributed by atoms with Gasteiger partial charge < -0.3 is 30.4 Å². The fourth-order valence-corrected chi connectivity index (χ4v) is 4.59. The highest BCUT2D eigenvalue weighted by molar-refractivity contribution is 5.93. The number of primary amides is 1. The molecule has 3 unspecified atom stereocenters. The van der Waals surface area contributed by atoms with Crippen molar-refractivity contribution in [2.75, 3.05) is 58.8 Å². The third-order valence-electron chi connectivity index (χ3n) is 6.66. The molecule has 0 aromatic heterocycles. The number of anilines is 1. The second-order valence-corrected chi connectivity index (χ2v) is 13.0. The fourth-order valence-electron chi connectivity index (χ4n) is 4.59. The highest BCUT2D eigenvalue weighted by atomic mass is 19.1. The Morgan fingerprint density at radius 2 is 1.64 bits per heavy atom. The Morgan fingerprint density at radius 1 is 1.09 bits per heavy atom. The normalized spacial score (nSPS) is 18.1. The van der Waals surface area contributed by atoms with Crippen LogP contribution in [-0.4, -0.2) is 105 Å². The Kier molecular flexibility index (Phi) is 18.8. The maximum atomic E-state index is 12.8. The molecular weight excluding hydrogens is 603 g/mol. The first-order valence-electron chi connectivity index (χ1n) is 15.6. The smallest absolute Gasteiger partial charge is 0.237 e. The molecule has 2 aromatic carbocycles. The van der Waals surface area contributed by atoms with Gasteiger partial charge in [0.2, 0.25) is 18.2 Å². The molecule has 0 radical (unpaired) electrons. The van der Waals surface area contributed by atoms with Gasteiger partial charge in [0.05, 0.1) is 37.8 Å². The molecule has 11 nitrogen and oxygen atoms in total. The maximum absolute atomic E-state index is 12.8. The number of morpholine rings is 1. The first-order valence-corrected chi connectivity index (χ1v) is 15.6. The van der Waals surface area contributed by atoms with Crippen molar-refractivity contribution in [2.24, 2.45) is 17.1 Å². The van der Waals surface area contributed by atoms with Gasteiger partial charge in [0, 0.05) is 25.3 Å². The minimum atomic E-state index is -0.529. The van der Waals surface area contributed by atoms with Gasteiger partial charge in [-0.05, 0) is 62.2 Å². The molecule has 0 saturated carbocycles. The number of nitrogens with one attached hydrogen (secondary N) is 1. The zero-order chi connectivity index (χ0) is 35.4. The Balaban J connectivity index is 0.000000390. The van der Waals surface area contributed by atoms with Gasteiger partial charge in [-0.1, -0.05) is 58.0 Å². The van der Waals surface area contributed by atoms with Crippen LogP contribution in [0.5, 0.6) is 0 Å². The molecule has 12 heteroatoms. The van der Waals surface area contributed by atoms with Gasteiger partial charge in [0.25, 0.3) is 0 Å². The molecule has 2 saturated heterocycles. The number of benzene rings is 2.